The third-order valence-corrected chi connectivity index (χ3v) is 5.51. The number of para-hydroxylation sites is 1. The Morgan fingerprint density at radius 2 is 2.08 bits per heavy atom. The number of ether oxygens (including phenoxy) is 1. The maximum Gasteiger partial charge on any atom is 0.340 e. The van der Waals surface area contributed by atoms with Crippen molar-refractivity contribution >= 4 is 23.3 Å². The van der Waals surface area contributed by atoms with Crippen molar-refractivity contribution in [1.29, 1.82) is 0 Å². The first-order valence-electron chi connectivity index (χ1n) is 8.32. The highest BCUT2D eigenvalue weighted by molar-refractivity contribution is 6.33. The average molecular weight is 360 g/mol. The van der Waals surface area contributed by atoms with E-state index in [1.54, 1.807) is 30.5 Å². The van der Waals surface area contributed by atoms with Gasteiger partial charge in [0, 0.05) is 12.6 Å². The number of carbonyl (C=O) groups is 1. The summed E-state index contributed by atoms with van der Waals surface area (Å²) in [6, 6.07) is 7.13. The quantitative estimate of drug-likeness (QED) is 0.788. The van der Waals surface area contributed by atoms with E-state index >= 15 is 0 Å². The fraction of sp³-hybridized carbons (Fsp3) is 0.389. The van der Waals surface area contributed by atoms with E-state index in [9.17, 15) is 9.59 Å². The number of esters is 1. The third kappa shape index (κ3) is 2.61. The van der Waals surface area contributed by atoms with E-state index in [0.717, 1.165) is 24.1 Å². The minimum absolute atomic E-state index is 0.141. The second kappa shape index (κ2) is 6.19. The van der Waals surface area contributed by atoms with Crippen LogP contribution in [0.5, 0.6) is 0 Å². The minimum atomic E-state index is -0.527. The minimum Gasteiger partial charge on any atom is -0.465 e. The molecule has 1 saturated carbocycles. The summed E-state index contributed by atoms with van der Waals surface area (Å²) in [5.74, 6) is 0.157. The summed E-state index contributed by atoms with van der Waals surface area (Å²) in [6.45, 7) is 0.925. The van der Waals surface area contributed by atoms with Crippen LogP contribution < -0.4 is 10.5 Å². The van der Waals surface area contributed by atoms with E-state index in [1.807, 2.05) is 0 Å². The standard InChI is InChI=1S/C18H18ClN3O3/c1-25-18(24)13-4-2-3-5-14(13)22-17(23)16(19)15(9-20-22)21-10-11-6-7-12(21)8-11/h2-5,9,11-12H,6-8,10H2,1H3. The van der Waals surface area contributed by atoms with Gasteiger partial charge in [-0.05, 0) is 37.3 Å². The SMILES string of the molecule is COC(=O)c1ccccc1-n1ncc(N2CC3CCC2C3)c(Cl)c1=O. The number of anilines is 1. The molecule has 2 unspecified atom stereocenters. The molecule has 1 aliphatic carbocycles. The van der Waals surface area contributed by atoms with Crippen LogP contribution in [0.3, 0.4) is 0 Å². The molecule has 0 radical (unpaired) electrons. The molecule has 1 aromatic carbocycles. The molecular weight excluding hydrogens is 342 g/mol. The summed E-state index contributed by atoms with van der Waals surface area (Å²) in [6.07, 6.45) is 5.16. The first-order chi connectivity index (χ1) is 12.1. The zero-order chi connectivity index (χ0) is 17.6. The molecule has 1 aliphatic heterocycles. The number of hydrogen-bond donors (Lipinski definition) is 0. The Kier molecular flexibility index (Phi) is 4.00. The smallest absolute Gasteiger partial charge is 0.340 e. The topological polar surface area (TPSA) is 64.4 Å². The lowest BCUT2D eigenvalue weighted by Gasteiger charge is -2.29. The molecule has 1 saturated heterocycles. The van der Waals surface area contributed by atoms with Crippen molar-refractivity contribution in [3.05, 3.63) is 51.4 Å². The Labute approximate surface area is 150 Å². The lowest BCUT2D eigenvalue weighted by atomic mass is 10.1. The molecule has 2 aromatic rings. The molecule has 6 nitrogen and oxygen atoms in total. The Hall–Kier alpha value is -2.34. The van der Waals surface area contributed by atoms with Crippen molar-refractivity contribution in [3.8, 4) is 5.69 Å². The van der Waals surface area contributed by atoms with E-state index in [4.69, 9.17) is 16.3 Å². The number of halogens is 1. The van der Waals surface area contributed by atoms with Crippen LogP contribution >= 0.6 is 11.6 Å². The Morgan fingerprint density at radius 3 is 2.76 bits per heavy atom. The van der Waals surface area contributed by atoms with Crippen LogP contribution in [0.25, 0.3) is 5.69 Å². The first-order valence-corrected chi connectivity index (χ1v) is 8.70. The van der Waals surface area contributed by atoms with E-state index < -0.39 is 11.5 Å². The summed E-state index contributed by atoms with van der Waals surface area (Å²) in [5, 5.41) is 4.43. The van der Waals surface area contributed by atoms with Crippen molar-refractivity contribution in [3.63, 3.8) is 0 Å². The van der Waals surface area contributed by atoms with Gasteiger partial charge in [0.2, 0.25) is 0 Å². The average Bonchev–Trinajstić information content (AvgIpc) is 3.26. The van der Waals surface area contributed by atoms with Crippen molar-refractivity contribution < 1.29 is 9.53 Å². The van der Waals surface area contributed by atoms with Gasteiger partial charge in [0.05, 0.1) is 30.2 Å². The lowest BCUT2D eigenvalue weighted by Crippen LogP contribution is -2.34. The van der Waals surface area contributed by atoms with E-state index in [-0.39, 0.29) is 10.6 Å². The van der Waals surface area contributed by atoms with Gasteiger partial charge in [-0.1, -0.05) is 23.7 Å². The Balaban J connectivity index is 1.78. The highest BCUT2D eigenvalue weighted by atomic mass is 35.5. The summed E-state index contributed by atoms with van der Waals surface area (Å²) in [7, 11) is 1.30. The van der Waals surface area contributed by atoms with Crippen LogP contribution in [0.15, 0.2) is 35.3 Å². The maximum absolute atomic E-state index is 12.8. The molecule has 4 rings (SSSR count). The van der Waals surface area contributed by atoms with Gasteiger partial charge in [-0.3, -0.25) is 4.79 Å². The number of aromatic nitrogens is 2. The van der Waals surface area contributed by atoms with Crippen LogP contribution in [0.1, 0.15) is 29.6 Å². The number of fused-ring (bicyclic) bond motifs is 2. The van der Waals surface area contributed by atoms with Crippen molar-refractivity contribution in [1.82, 2.24) is 9.78 Å². The van der Waals surface area contributed by atoms with Gasteiger partial charge < -0.3 is 9.64 Å². The maximum atomic E-state index is 12.8. The molecule has 25 heavy (non-hydrogen) atoms. The molecule has 0 amide bonds. The molecule has 130 valence electrons. The van der Waals surface area contributed by atoms with Gasteiger partial charge in [0.1, 0.15) is 5.02 Å². The van der Waals surface area contributed by atoms with Gasteiger partial charge in [-0.15, -0.1) is 0 Å². The molecule has 2 heterocycles. The zero-order valence-electron chi connectivity index (χ0n) is 13.8. The van der Waals surface area contributed by atoms with Crippen molar-refractivity contribution in [2.75, 3.05) is 18.6 Å². The highest BCUT2D eigenvalue weighted by Gasteiger charge is 2.39. The van der Waals surface area contributed by atoms with Crippen LogP contribution in [0.2, 0.25) is 5.02 Å². The summed E-state index contributed by atoms with van der Waals surface area (Å²) >= 11 is 6.40. The van der Waals surface area contributed by atoms with Crippen LogP contribution in [-0.2, 0) is 4.74 Å². The monoisotopic (exact) mass is 359 g/mol. The number of benzene rings is 1. The Morgan fingerprint density at radius 1 is 1.28 bits per heavy atom. The second-order valence-electron chi connectivity index (χ2n) is 6.55. The molecule has 2 fully saturated rings. The predicted molar refractivity (Wildman–Crippen MR) is 94.7 cm³/mol. The zero-order valence-corrected chi connectivity index (χ0v) is 14.6. The van der Waals surface area contributed by atoms with Crippen molar-refractivity contribution in [2.24, 2.45) is 5.92 Å². The second-order valence-corrected chi connectivity index (χ2v) is 6.93. The van der Waals surface area contributed by atoms with Crippen LogP contribution in [-0.4, -0.2) is 35.4 Å². The summed E-state index contributed by atoms with van der Waals surface area (Å²) < 4.78 is 5.94. The summed E-state index contributed by atoms with van der Waals surface area (Å²) in [4.78, 5) is 27.0. The fourth-order valence-corrected chi connectivity index (χ4v) is 4.19. The van der Waals surface area contributed by atoms with Gasteiger partial charge in [0.15, 0.2) is 0 Å². The van der Waals surface area contributed by atoms with E-state index in [1.165, 1.54) is 13.5 Å². The lowest BCUT2D eigenvalue weighted by molar-refractivity contribution is 0.0600. The number of rotatable bonds is 3. The third-order valence-electron chi connectivity index (χ3n) is 5.16. The number of nitrogens with zero attached hydrogens (tertiary/aromatic N) is 3. The number of hydrogen-bond acceptors (Lipinski definition) is 5. The normalized spacial score (nSPS) is 21.6. The molecule has 2 aliphatic rings. The number of piperidine rings is 1. The summed E-state index contributed by atoms with van der Waals surface area (Å²) in [5.41, 5.74) is 0.878. The molecule has 0 N–H and O–H groups in total. The fourth-order valence-electron chi connectivity index (χ4n) is 3.96. The van der Waals surface area contributed by atoms with Crippen LogP contribution in [0.4, 0.5) is 5.69 Å². The van der Waals surface area contributed by atoms with Gasteiger partial charge >= 0.3 is 5.97 Å². The molecule has 2 bridgehead atoms. The van der Waals surface area contributed by atoms with E-state index in [0.29, 0.717) is 23.3 Å². The highest BCUT2D eigenvalue weighted by Crippen LogP contribution is 2.41. The van der Waals surface area contributed by atoms with E-state index in [2.05, 4.69) is 10.00 Å². The number of methoxy groups -OCH3 is 1. The van der Waals surface area contributed by atoms with Gasteiger partial charge in [0.25, 0.3) is 5.56 Å². The predicted octanol–water partition coefficient (Wildman–Crippen LogP) is 2.66. The molecule has 7 heteroatoms. The molecule has 0 spiro atoms. The first kappa shape index (κ1) is 16.1. The molecule has 1 aromatic heterocycles. The molecule has 2 atom stereocenters. The van der Waals surface area contributed by atoms with Gasteiger partial charge in [-0.2, -0.15) is 9.78 Å². The van der Waals surface area contributed by atoms with Crippen LogP contribution in [0, 0.1) is 5.92 Å². The largest absolute Gasteiger partial charge is 0.465 e. The van der Waals surface area contributed by atoms with Gasteiger partial charge in [-0.25, -0.2) is 4.79 Å². The molecular formula is C18H18ClN3O3. The number of carbonyl (C=O) groups excluding carboxylic acids is 1. The van der Waals surface area contributed by atoms with Crippen molar-refractivity contribution in [2.45, 2.75) is 25.3 Å². The Bertz CT molecular complexity index is 895.